The molecule has 3 N–H and O–H groups in total. The number of rotatable bonds is 3. The third kappa shape index (κ3) is 76.5. The molecule has 0 aliphatic rings. The summed E-state index contributed by atoms with van der Waals surface area (Å²) in [6.45, 7) is 12.7. The van der Waals surface area contributed by atoms with Crippen LogP contribution in [0, 0.1) is 17.8 Å². The maximum atomic E-state index is 8.14. The molecule has 0 saturated heterocycles. The van der Waals surface area contributed by atoms with Crippen molar-refractivity contribution >= 4 is 0 Å². The molecule has 0 spiro atoms. The zero-order chi connectivity index (χ0) is 12.9. The molecular formula is C12H30BrHfO3-. The maximum Gasteiger partial charge on any atom is 0.0453 e. The summed E-state index contributed by atoms with van der Waals surface area (Å²) in [6.07, 6.45) is 0. The van der Waals surface area contributed by atoms with Crippen LogP contribution in [0.4, 0.5) is 0 Å². The second-order valence-corrected chi connectivity index (χ2v) is 4.73. The summed E-state index contributed by atoms with van der Waals surface area (Å²) in [4.78, 5) is 0. The molecule has 3 nitrogen and oxygen atoms in total. The van der Waals surface area contributed by atoms with Crippen molar-refractivity contribution in [3.63, 3.8) is 0 Å². The Balaban J connectivity index is -0.0000000400. The Morgan fingerprint density at radius 3 is 0.647 bits per heavy atom. The van der Waals surface area contributed by atoms with E-state index in [1.54, 1.807) is 0 Å². The minimum Gasteiger partial charge on any atom is -1.00 e. The number of hydrogen-bond acceptors (Lipinski definition) is 3. The smallest absolute Gasteiger partial charge is 0.0453 e. The summed E-state index contributed by atoms with van der Waals surface area (Å²) in [7, 11) is 0. The molecule has 108 valence electrons. The van der Waals surface area contributed by atoms with Gasteiger partial charge in [0.2, 0.25) is 0 Å². The molecule has 0 atom stereocenters. The van der Waals surface area contributed by atoms with Crippen molar-refractivity contribution in [1.29, 1.82) is 0 Å². The SMILES string of the molecule is CC(C)CO.CC(C)CO.CC(C)CO.[Br-].[Hf]. The van der Waals surface area contributed by atoms with Crippen molar-refractivity contribution in [2.45, 2.75) is 41.5 Å². The predicted molar refractivity (Wildman–Crippen MR) is 65.8 cm³/mol. The van der Waals surface area contributed by atoms with Crippen LogP contribution < -0.4 is 17.0 Å². The Labute approximate surface area is 137 Å². The Morgan fingerprint density at radius 2 is 0.647 bits per heavy atom. The van der Waals surface area contributed by atoms with Gasteiger partial charge in [0.05, 0.1) is 0 Å². The van der Waals surface area contributed by atoms with Crippen LogP contribution in [0.5, 0.6) is 0 Å². The second-order valence-electron chi connectivity index (χ2n) is 4.73. The van der Waals surface area contributed by atoms with Crippen LogP contribution in [0.1, 0.15) is 41.5 Å². The first-order chi connectivity index (χ1) is 6.81. The molecule has 0 fully saturated rings. The standard InChI is InChI=1S/3C4H10O.BrH.Hf/c3*1-4(2)3-5;;/h3*4-5H,3H2,1-2H3;1H;/p-1. The molecule has 0 aliphatic heterocycles. The first-order valence-electron chi connectivity index (χ1n) is 5.64. The van der Waals surface area contributed by atoms with Crippen LogP contribution in [0.3, 0.4) is 0 Å². The summed E-state index contributed by atoms with van der Waals surface area (Å²) in [5.74, 6) is 1.32. The van der Waals surface area contributed by atoms with Gasteiger partial charge in [0.15, 0.2) is 0 Å². The van der Waals surface area contributed by atoms with Gasteiger partial charge < -0.3 is 32.3 Å². The molecule has 17 heavy (non-hydrogen) atoms. The van der Waals surface area contributed by atoms with Gasteiger partial charge in [0, 0.05) is 45.7 Å². The van der Waals surface area contributed by atoms with Gasteiger partial charge in [-0.15, -0.1) is 0 Å². The minimum atomic E-state index is 0. The van der Waals surface area contributed by atoms with Gasteiger partial charge >= 0.3 is 0 Å². The third-order valence-electron chi connectivity index (χ3n) is 1.10. The molecule has 0 aromatic rings. The zero-order valence-corrected chi connectivity index (χ0v) is 17.3. The van der Waals surface area contributed by atoms with Gasteiger partial charge in [-0.2, -0.15) is 0 Å². The van der Waals surface area contributed by atoms with E-state index in [9.17, 15) is 0 Å². The molecule has 0 radical (unpaired) electrons. The van der Waals surface area contributed by atoms with E-state index in [1.807, 2.05) is 41.5 Å². The number of hydrogen-bond donors (Lipinski definition) is 3. The van der Waals surface area contributed by atoms with E-state index in [4.69, 9.17) is 15.3 Å². The van der Waals surface area contributed by atoms with Crippen LogP contribution in [0.2, 0.25) is 0 Å². The molecule has 0 rings (SSSR count). The van der Waals surface area contributed by atoms with Gasteiger partial charge in [-0.25, -0.2) is 0 Å². The van der Waals surface area contributed by atoms with E-state index in [-0.39, 0.29) is 42.8 Å². The Bertz CT molecular complexity index is 82.7. The van der Waals surface area contributed by atoms with Crippen LogP contribution in [-0.4, -0.2) is 35.1 Å². The fourth-order valence-electron chi connectivity index (χ4n) is 0. The zero-order valence-electron chi connectivity index (χ0n) is 12.1. The summed E-state index contributed by atoms with van der Waals surface area (Å²) < 4.78 is 0. The largest absolute Gasteiger partial charge is 1.00 e. The second kappa shape index (κ2) is 25.9. The van der Waals surface area contributed by atoms with Gasteiger partial charge in [-0.05, 0) is 17.8 Å². The molecule has 0 unspecified atom stereocenters. The molecule has 5 heteroatoms. The quantitative estimate of drug-likeness (QED) is 0.450. The minimum absolute atomic E-state index is 0. The summed E-state index contributed by atoms with van der Waals surface area (Å²) in [5.41, 5.74) is 0. The summed E-state index contributed by atoms with van der Waals surface area (Å²) in [5, 5.41) is 24.4. The van der Waals surface area contributed by atoms with Gasteiger partial charge in [0.25, 0.3) is 0 Å². The molecule has 0 bridgehead atoms. The molecule has 0 heterocycles. The monoisotopic (exact) mass is 481 g/mol. The molecular weight excluding hydrogens is 451 g/mol. The predicted octanol–water partition coefficient (Wildman–Crippen LogP) is -1.09. The normalized spacial score (nSPS) is 8.47. The fraction of sp³-hybridized carbons (Fsp3) is 1.00. The Morgan fingerprint density at radius 1 is 0.588 bits per heavy atom. The Hall–Kier alpha value is 1.23. The van der Waals surface area contributed by atoms with E-state index in [0.29, 0.717) is 37.6 Å². The van der Waals surface area contributed by atoms with Crippen LogP contribution in [0.25, 0.3) is 0 Å². The van der Waals surface area contributed by atoms with Crippen LogP contribution in [-0.2, 0) is 25.8 Å². The maximum absolute atomic E-state index is 8.14. The molecule has 0 aliphatic carbocycles. The molecule has 0 saturated carbocycles. The van der Waals surface area contributed by atoms with E-state index in [0.717, 1.165) is 0 Å². The number of aliphatic hydroxyl groups excluding tert-OH is 3. The molecule has 0 aromatic heterocycles. The van der Waals surface area contributed by atoms with E-state index >= 15 is 0 Å². The van der Waals surface area contributed by atoms with Gasteiger partial charge in [0.1, 0.15) is 0 Å². The van der Waals surface area contributed by atoms with Crippen molar-refractivity contribution in [1.82, 2.24) is 0 Å². The van der Waals surface area contributed by atoms with E-state index < -0.39 is 0 Å². The van der Waals surface area contributed by atoms with Crippen molar-refractivity contribution in [3.8, 4) is 0 Å². The average molecular weight is 481 g/mol. The van der Waals surface area contributed by atoms with Crippen molar-refractivity contribution < 1.29 is 58.1 Å². The van der Waals surface area contributed by atoms with Gasteiger partial charge in [-0.1, -0.05) is 41.5 Å². The van der Waals surface area contributed by atoms with Crippen LogP contribution in [0.15, 0.2) is 0 Å². The molecule has 0 aromatic carbocycles. The van der Waals surface area contributed by atoms with E-state index in [1.165, 1.54) is 0 Å². The number of aliphatic hydroxyl groups is 3. The van der Waals surface area contributed by atoms with E-state index in [2.05, 4.69) is 0 Å². The summed E-state index contributed by atoms with van der Waals surface area (Å²) >= 11 is 0. The first kappa shape index (κ1) is 30.9. The average Bonchev–Trinajstić information content (AvgIpc) is 2.19. The first-order valence-corrected chi connectivity index (χ1v) is 5.64. The summed E-state index contributed by atoms with van der Waals surface area (Å²) in [6, 6.07) is 0. The van der Waals surface area contributed by atoms with Crippen molar-refractivity contribution in [3.05, 3.63) is 0 Å². The van der Waals surface area contributed by atoms with Crippen molar-refractivity contribution in [2.75, 3.05) is 19.8 Å². The number of halogens is 1. The Kier molecular flexibility index (Phi) is 47.2. The fourth-order valence-corrected chi connectivity index (χ4v) is 0. The topological polar surface area (TPSA) is 60.7 Å². The molecule has 0 amide bonds. The van der Waals surface area contributed by atoms with Gasteiger partial charge in [-0.3, -0.25) is 0 Å². The van der Waals surface area contributed by atoms with Crippen LogP contribution >= 0.6 is 0 Å². The third-order valence-corrected chi connectivity index (χ3v) is 1.10. The van der Waals surface area contributed by atoms with Crippen molar-refractivity contribution in [2.24, 2.45) is 17.8 Å².